The lowest BCUT2D eigenvalue weighted by molar-refractivity contribution is 0.236. The van der Waals surface area contributed by atoms with Gasteiger partial charge in [-0.15, -0.1) is 12.4 Å². The van der Waals surface area contributed by atoms with Gasteiger partial charge in [0, 0.05) is 75.8 Å². The summed E-state index contributed by atoms with van der Waals surface area (Å²) in [6.07, 6.45) is 1.15. The first-order valence-electron chi connectivity index (χ1n) is 20.4. The Bertz CT molecular complexity index is 2750. The minimum Gasteiger partial charge on any atom is -0.340 e. The van der Waals surface area contributed by atoms with Crippen molar-refractivity contribution < 1.29 is 25.9 Å². The highest BCUT2D eigenvalue weighted by Crippen LogP contribution is 2.48. The molecule has 10 nitrogen and oxygen atoms in total. The molecule has 7 aromatic rings. The molecule has 0 amide bonds. The Balaban J connectivity index is 0.000000155. The molecule has 1 unspecified atom stereocenters. The lowest BCUT2D eigenvalue weighted by Gasteiger charge is -2.37. The summed E-state index contributed by atoms with van der Waals surface area (Å²) in [6, 6.07) is 45.2. The zero-order valence-electron chi connectivity index (χ0n) is 35.3. The third-order valence-corrected chi connectivity index (χ3v) is 14.3. The molecule has 14 heteroatoms. The summed E-state index contributed by atoms with van der Waals surface area (Å²) in [5.74, 6) is 0. The van der Waals surface area contributed by atoms with Crippen LogP contribution in [0.1, 0.15) is 37.6 Å². The number of rotatable bonds is 9. The maximum atomic E-state index is 11.2. The Morgan fingerprint density at radius 1 is 0.661 bits per heavy atom. The Labute approximate surface area is 376 Å². The highest BCUT2D eigenvalue weighted by atomic mass is 35.5. The Morgan fingerprint density at radius 2 is 1.16 bits per heavy atom. The van der Waals surface area contributed by atoms with E-state index >= 15 is 0 Å². The van der Waals surface area contributed by atoms with Crippen molar-refractivity contribution in [2.45, 2.75) is 65.9 Å². The van der Waals surface area contributed by atoms with Crippen LogP contribution in [0.4, 0.5) is 11.4 Å². The van der Waals surface area contributed by atoms with E-state index in [1.165, 1.54) is 73.2 Å². The number of aromatic nitrogens is 1. The van der Waals surface area contributed by atoms with Crippen molar-refractivity contribution in [2.75, 3.05) is 38.1 Å². The van der Waals surface area contributed by atoms with Gasteiger partial charge in [-0.05, 0) is 80.7 Å². The van der Waals surface area contributed by atoms with Gasteiger partial charge in [0.1, 0.15) is 9.79 Å². The number of fused-ring (bicyclic) bond motifs is 6. The maximum Gasteiger partial charge on any atom is 0.295 e. The minimum atomic E-state index is -4.47. The van der Waals surface area contributed by atoms with E-state index in [4.69, 9.17) is 9.11 Å². The number of likely N-dealkylation sites (N-methyl/N-ethyl adjacent to an activating group) is 2. The molecule has 6 aromatic carbocycles. The number of hydrogen-bond donors (Lipinski definition) is 2. The van der Waals surface area contributed by atoms with Gasteiger partial charge in [0.2, 0.25) is 0 Å². The van der Waals surface area contributed by atoms with Crippen molar-refractivity contribution in [3.8, 4) is 0 Å². The summed E-state index contributed by atoms with van der Waals surface area (Å²) in [5, 5.41) is 1.47. The normalized spacial score (nSPS) is 14.1. The van der Waals surface area contributed by atoms with Crippen LogP contribution in [0.25, 0.3) is 21.7 Å². The van der Waals surface area contributed by atoms with Crippen molar-refractivity contribution >= 4 is 77.5 Å². The first-order valence-corrected chi connectivity index (χ1v) is 24.1. The number of benzene rings is 6. The molecule has 2 aliphatic rings. The summed E-state index contributed by atoms with van der Waals surface area (Å²) in [5.41, 5.74) is 8.48. The van der Waals surface area contributed by atoms with E-state index in [0.717, 1.165) is 57.8 Å². The monoisotopic (exact) mass is 912 g/mol. The van der Waals surface area contributed by atoms with Gasteiger partial charge in [0.15, 0.2) is 0 Å². The van der Waals surface area contributed by atoms with E-state index in [1.54, 1.807) is 0 Å². The lowest BCUT2D eigenvalue weighted by atomic mass is 10.1. The summed E-state index contributed by atoms with van der Waals surface area (Å²) >= 11 is 1.88. The average molecular weight is 914 g/mol. The number of halogens is 1. The van der Waals surface area contributed by atoms with Crippen molar-refractivity contribution in [1.29, 1.82) is 0 Å². The van der Waals surface area contributed by atoms with Gasteiger partial charge in [-0.2, -0.15) is 16.8 Å². The summed E-state index contributed by atoms with van der Waals surface area (Å²) in [4.78, 5) is 9.32. The van der Waals surface area contributed by atoms with Crippen molar-refractivity contribution in [3.05, 3.63) is 156 Å². The molecule has 9 rings (SSSR count). The predicted molar refractivity (Wildman–Crippen MR) is 255 cm³/mol. The summed E-state index contributed by atoms with van der Waals surface area (Å²) in [7, 11) is -6.72. The molecular weight excluding hydrogens is 860 g/mol. The van der Waals surface area contributed by atoms with Crippen LogP contribution >= 0.6 is 24.2 Å². The number of para-hydroxylation sites is 3. The molecule has 0 fully saturated rings. The molecule has 0 saturated carbocycles. The first-order chi connectivity index (χ1) is 29.3. The molecule has 0 radical (unpaired) electrons. The number of anilines is 2. The van der Waals surface area contributed by atoms with Gasteiger partial charge in [-0.1, -0.05) is 123 Å². The van der Waals surface area contributed by atoms with Gasteiger partial charge in [-0.3, -0.25) is 14.0 Å². The van der Waals surface area contributed by atoms with Gasteiger partial charge in [0.05, 0.1) is 11.4 Å². The molecule has 0 saturated heterocycles. The van der Waals surface area contributed by atoms with Crippen LogP contribution in [0.2, 0.25) is 0 Å². The molecule has 1 aromatic heterocycles. The van der Waals surface area contributed by atoms with E-state index in [0.29, 0.717) is 6.04 Å². The second-order valence-corrected chi connectivity index (χ2v) is 19.1. The Kier molecular flexibility index (Phi) is 15.3. The standard InChI is InChI=1S/C19H24N2S.C19H20N2.C10H8O6S2.ClH/c1-4-20(5-2)15(3)14-21-16-10-6-8-12-18(16)22-19-13-9-7-11-17(19)21;1-20-12-11-19-17(14-20)16-9-5-6-10-18(16)21(19)13-15-7-3-2-4-8-15;11-17(12,13)9-5-1-3-7-8(9)4-2-6-10(7)18(14,15)16;/h6-13,15H,4-5,14H2,1-3H3;2-10H,11-14H2,1H3;1-6H,(H,11,12,13)(H,14,15,16);1H. The molecule has 2 N–H and O–H groups in total. The summed E-state index contributed by atoms with van der Waals surface area (Å²) in [6.45, 7) is 13.2. The maximum absolute atomic E-state index is 11.2. The van der Waals surface area contributed by atoms with Gasteiger partial charge >= 0.3 is 0 Å². The van der Waals surface area contributed by atoms with E-state index in [9.17, 15) is 16.8 Å². The van der Waals surface area contributed by atoms with Crippen molar-refractivity contribution in [1.82, 2.24) is 14.4 Å². The fraction of sp³-hybridized carbons (Fsp3) is 0.250. The average Bonchev–Trinajstić information content (AvgIpc) is 3.55. The first kappa shape index (κ1) is 46.8. The van der Waals surface area contributed by atoms with E-state index in [2.05, 4.69) is 150 Å². The highest BCUT2D eigenvalue weighted by Gasteiger charge is 2.26. The van der Waals surface area contributed by atoms with Crippen LogP contribution in [-0.4, -0.2) is 79.6 Å². The molecule has 326 valence electrons. The SMILES string of the molecule is CCN(CC)C(C)CN1c2ccccc2Sc2ccccc21.CN1CCc2c(c3ccccc3n2Cc2ccccc2)C1.Cl.O=S(=O)(O)c1cccc2c(S(=O)(=O)O)cccc12. The van der Waals surface area contributed by atoms with Crippen LogP contribution < -0.4 is 4.90 Å². The molecule has 1 atom stereocenters. The van der Waals surface area contributed by atoms with Crippen LogP contribution in [0, 0.1) is 0 Å². The van der Waals surface area contributed by atoms with Gasteiger partial charge in [-0.25, -0.2) is 0 Å². The van der Waals surface area contributed by atoms with Crippen LogP contribution in [0.15, 0.2) is 159 Å². The van der Waals surface area contributed by atoms with E-state index in [-0.39, 0.29) is 23.2 Å². The molecule has 0 aliphatic carbocycles. The smallest absolute Gasteiger partial charge is 0.295 e. The zero-order chi connectivity index (χ0) is 43.3. The highest BCUT2D eigenvalue weighted by molar-refractivity contribution is 7.99. The largest absolute Gasteiger partial charge is 0.340 e. The Morgan fingerprint density at radius 3 is 1.71 bits per heavy atom. The van der Waals surface area contributed by atoms with E-state index in [1.807, 2.05) is 11.8 Å². The molecule has 3 heterocycles. The predicted octanol–water partition coefficient (Wildman–Crippen LogP) is 10.5. The van der Waals surface area contributed by atoms with Crippen LogP contribution in [-0.2, 0) is 39.7 Å². The zero-order valence-corrected chi connectivity index (χ0v) is 38.5. The van der Waals surface area contributed by atoms with E-state index < -0.39 is 30.0 Å². The minimum absolute atomic E-state index is 0. The lowest BCUT2D eigenvalue weighted by Crippen LogP contribution is -2.41. The van der Waals surface area contributed by atoms with Crippen molar-refractivity contribution in [2.24, 2.45) is 0 Å². The molecule has 2 aliphatic heterocycles. The molecular formula is C48H53ClN4O6S3. The second kappa shape index (κ2) is 20.2. The topological polar surface area (TPSA) is 123 Å². The third-order valence-electron chi connectivity index (χ3n) is 11.3. The second-order valence-electron chi connectivity index (χ2n) is 15.3. The van der Waals surface area contributed by atoms with Gasteiger partial charge < -0.3 is 14.4 Å². The van der Waals surface area contributed by atoms with Gasteiger partial charge in [0.25, 0.3) is 20.2 Å². The molecule has 0 spiro atoms. The fourth-order valence-corrected chi connectivity index (χ4v) is 10.9. The van der Waals surface area contributed by atoms with Crippen LogP contribution in [0.5, 0.6) is 0 Å². The molecule has 0 bridgehead atoms. The third kappa shape index (κ3) is 10.4. The van der Waals surface area contributed by atoms with Crippen LogP contribution in [0.3, 0.4) is 0 Å². The quantitative estimate of drug-likeness (QED) is 0.135. The van der Waals surface area contributed by atoms with Crippen molar-refractivity contribution in [3.63, 3.8) is 0 Å². The fourth-order valence-electron chi connectivity index (χ4n) is 8.39. The number of hydrogen-bond acceptors (Lipinski definition) is 8. The molecule has 62 heavy (non-hydrogen) atoms. The Hall–Kier alpha value is -4.70. The summed E-state index contributed by atoms with van der Waals surface area (Å²) < 4.78 is 65.2. The number of nitrogens with zero attached hydrogens (tertiary/aromatic N) is 4.